The smallest absolute Gasteiger partial charge is 0.109 e. The van der Waals surface area contributed by atoms with Crippen molar-refractivity contribution >= 4 is 0 Å². The fraction of sp³-hybridized carbons (Fsp3) is 1.00. The van der Waals surface area contributed by atoms with Gasteiger partial charge in [0.25, 0.3) is 0 Å². The Balaban J connectivity index is 3.73. The van der Waals surface area contributed by atoms with Gasteiger partial charge in [-0.3, -0.25) is 0 Å². The quantitative estimate of drug-likeness (QED) is 0.596. The van der Waals surface area contributed by atoms with Gasteiger partial charge in [0.15, 0.2) is 0 Å². The average Bonchev–Trinajstić information content (AvgIpc) is 1.81. The molecule has 3 heteroatoms. The van der Waals surface area contributed by atoms with Crippen molar-refractivity contribution < 1.29 is 14.9 Å². The molecular weight excluding hydrogens is 132 g/mol. The van der Waals surface area contributed by atoms with Crippen LogP contribution in [0.15, 0.2) is 0 Å². The minimum Gasteiger partial charge on any atom is -0.391 e. The molecule has 0 rings (SSSR count). The van der Waals surface area contributed by atoms with Gasteiger partial charge in [0.05, 0.1) is 12.2 Å². The van der Waals surface area contributed by atoms with Gasteiger partial charge in [-0.25, -0.2) is 0 Å². The summed E-state index contributed by atoms with van der Waals surface area (Å²) in [5.41, 5.74) is 0. The summed E-state index contributed by atoms with van der Waals surface area (Å²) < 4.78 is 5.06. The van der Waals surface area contributed by atoms with E-state index in [-0.39, 0.29) is 0 Å². The number of hydrogen-bond acceptors (Lipinski definition) is 3. The highest BCUT2D eigenvalue weighted by Gasteiger charge is 2.19. The largest absolute Gasteiger partial charge is 0.391 e. The molecule has 0 saturated carbocycles. The van der Waals surface area contributed by atoms with Crippen molar-refractivity contribution in [1.82, 2.24) is 0 Å². The molecule has 0 spiro atoms. The summed E-state index contributed by atoms with van der Waals surface area (Å²) in [6.45, 7) is 5.55. The van der Waals surface area contributed by atoms with E-state index in [1.807, 2.05) is 6.92 Å². The summed E-state index contributed by atoms with van der Waals surface area (Å²) in [5, 5.41) is 18.1. The maximum atomic E-state index is 9.03. The number of hydrogen-bond donors (Lipinski definition) is 2. The first-order chi connectivity index (χ1) is 4.59. The van der Waals surface area contributed by atoms with Gasteiger partial charge in [-0.1, -0.05) is 0 Å². The van der Waals surface area contributed by atoms with Crippen molar-refractivity contribution in [3.63, 3.8) is 0 Å². The molecule has 0 radical (unpaired) electrons. The van der Waals surface area contributed by atoms with E-state index in [1.165, 1.54) is 0 Å². The first kappa shape index (κ1) is 9.88. The zero-order chi connectivity index (χ0) is 8.15. The van der Waals surface area contributed by atoms with Crippen molar-refractivity contribution in [2.45, 2.75) is 39.1 Å². The van der Waals surface area contributed by atoms with Crippen LogP contribution in [0.4, 0.5) is 0 Å². The van der Waals surface area contributed by atoms with Gasteiger partial charge in [0.1, 0.15) is 6.10 Å². The first-order valence-electron chi connectivity index (χ1n) is 3.57. The van der Waals surface area contributed by atoms with E-state index in [4.69, 9.17) is 14.9 Å². The molecule has 0 bridgehead atoms. The van der Waals surface area contributed by atoms with Crippen molar-refractivity contribution in [2.75, 3.05) is 6.61 Å². The number of aliphatic hydroxyl groups is 2. The maximum Gasteiger partial charge on any atom is 0.109 e. The fourth-order valence-electron chi connectivity index (χ4n) is 0.874. The normalized spacial score (nSPS) is 20.1. The second-order valence-electron chi connectivity index (χ2n) is 2.40. The molecule has 0 aliphatic carbocycles. The molecule has 62 valence electrons. The highest BCUT2D eigenvalue weighted by atomic mass is 16.5. The van der Waals surface area contributed by atoms with E-state index >= 15 is 0 Å². The lowest BCUT2D eigenvalue weighted by molar-refractivity contribution is -0.0842. The molecule has 3 nitrogen and oxygen atoms in total. The van der Waals surface area contributed by atoms with Crippen molar-refractivity contribution in [2.24, 2.45) is 0 Å². The van der Waals surface area contributed by atoms with Crippen LogP contribution < -0.4 is 0 Å². The minimum absolute atomic E-state index is 0.454. The van der Waals surface area contributed by atoms with Gasteiger partial charge in [-0.15, -0.1) is 0 Å². The fourth-order valence-corrected chi connectivity index (χ4v) is 0.874. The van der Waals surface area contributed by atoms with Crippen LogP contribution in [0.5, 0.6) is 0 Å². The molecule has 10 heavy (non-hydrogen) atoms. The van der Waals surface area contributed by atoms with Crippen molar-refractivity contribution in [3.05, 3.63) is 0 Å². The van der Waals surface area contributed by atoms with Crippen LogP contribution in [-0.4, -0.2) is 35.1 Å². The Bertz CT molecular complexity index is 72.9. The van der Waals surface area contributed by atoms with E-state index in [0.717, 1.165) is 0 Å². The lowest BCUT2D eigenvalue weighted by Gasteiger charge is -2.22. The Hall–Kier alpha value is -0.120. The molecular formula is C7H16O3. The molecule has 0 heterocycles. The maximum absolute atomic E-state index is 9.03. The van der Waals surface area contributed by atoms with Gasteiger partial charge in [0.2, 0.25) is 0 Å². The molecule has 0 aromatic rings. The molecule has 0 amide bonds. The van der Waals surface area contributed by atoms with E-state index in [1.54, 1.807) is 13.8 Å². The Morgan fingerprint density at radius 2 is 1.60 bits per heavy atom. The van der Waals surface area contributed by atoms with Crippen LogP contribution in [0, 0.1) is 0 Å². The van der Waals surface area contributed by atoms with Gasteiger partial charge in [0, 0.05) is 6.61 Å². The molecule has 0 aromatic heterocycles. The third-order valence-electron chi connectivity index (χ3n) is 1.31. The van der Waals surface area contributed by atoms with Crippen LogP contribution >= 0.6 is 0 Å². The minimum atomic E-state index is -0.611. The molecule has 0 saturated heterocycles. The second-order valence-corrected chi connectivity index (χ2v) is 2.40. The number of rotatable bonds is 4. The SMILES string of the molecule is CCOC(C(C)O)C(C)O. The number of ether oxygens (including phenoxy) is 1. The monoisotopic (exact) mass is 148 g/mol. The summed E-state index contributed by atoms with van der Waals surface area (Å²) in [6.07, 6.45) is -1.68. The second kappa shape index (κ2) is 4.66. The zero-order valence-corrected chi connectivity index (χ0v) is 6.74. The summed E-state index contributed by atoms with van der Waals surface area (Å²) in [4.78, 5) is 0. The standard InChI is InChI=1S/C7H16O3/c1-4-10-7(5(2)8)6(3)9/h5-9H,4H2,1-3H3. The first-order valence-corrected chi connectivity index (χ1v) is 3.57. The van der Waals surface area contributed by atoms with E-state index in [9.17, 15) is 0 Å². The van der Waals surface area contributed by atoms with Crippen LogP contribution in [0.3, 0.4) is 0 Å². The Kier molecular flexibility index (Phi) is 4.60. The summed E-state index contributed by atoms with van der Waals surface area (Å²) >= 11 is 0. The van der Waals surface area contributed by atoms with E-state index in [2.05, 4.69) is 0 Å². The van der Waals surface area contributed by atoms with Crippen molar-refractivity contribution in [1.29, 1.82) is 0 Å². The topological polar surface area (TPSA) is 49.7 Å². The van der Waals surface area contributed by atoms with Crippen LogP contribution in [-0.2, 0) is 4.74 Å². The molecule has 0 aromatic carbocycles. The Morgan fingerprint density at radius 1 is 1.20 bits per heavy atom. The number of aliphatic hydroxyl groups excluding tert-OH is 2. The molecule has 0 fully saturated rings. The van der Waals surface area contributed by atoms with Crippen LogP contribution in [0.25, 0.3) is 0 Å². The van der Waals surface area contributed by atoms with Gasteiger partial charge in [-0.2, -0.15) is 0 Å². The molecule has 0 aliphatic rings. The predicted molar refractivity (Wildman–Crippen MR) is 38.8 cm³/mol. The molecule has 0 aliphatic heterocycles. The average molecular weight is 148 g/mol. The van der Waals surface area contributed by atoms with Gasteiger partial charge < -0.3 is 14.9 Å². The highest BCUT2D eigenvalue weighted by Crippen LogP contribution is 2.03. The predicted octanol–water partition coefficient (Wildman–Crippen LogP) is 0.153. The summed E-state index contributed by atoms with van der Waals surface area (Å²) in [5.74, 6) is 0. The van der Waals surface area contributed by atoms with E-state index < -0.39 is 18.3 Å². The zero-order valence-electron chi connectivity index (χ0n) is 6.74. The lowest BCUT2D eigenvalue weighted by Crippen LogP contribution is -2.36. The van der Waals surface area contributed by atoms with Gasteiger partial charge in [-0.05, 0) is 20.8 Å². The third-order valence-corrected chi connectivity index (χ3v) is 1.31. The Labute approximate surface area is 61.6 Å². The summed E-state index contributed by atoms with van der Waals surface area (Å²) in [6, 6.07) is 0. The van der Waals surface area contributed by atoms with Crippen molar-refractivity contribution in [3.8, 4) is 0 Å². The van der Waals surface area contributed by atoms with E-state index in [0.29, 0.717) is 6.61 Å². The molecule has 2 unspecified atom stereocenters. The molecule has 2 N–H and O–H groups in total. The Morgan fingerprint density at radius 3 is 1.70 bits per heavy atom. The van der Waals surface area contributed by atoms with Crippen LogP contribution in [0.2, 0.25) is 0 Å². The summed E-state index contributed by atoms with van der Waals surface area (Å²) in [7, 11) is 0. The lowest BCUT2D eigenvalue weighted by atomic mass is 10.1. The van der Waals surface area contributed by atoms with Gasteiger partial charge >= 0.3 is 0 Å². The molecule has 2 atom stereocenters. The van der Waals surface area contributed by atoms with Crippen LogP contribution in [0.1, 0.15) is 20.8 Å². The third kappa shape index (κ3) is 3.15. The highest BCUT2D eigenvalue weighted by molar-refractivity contribution is 4.69.